The van der Waals surface area contributed by atoms with E-state index in [1.165, 1.54) is 12.3 Å². The second-order valence-electron chi connectivity index (χ2n) is 7.11. The molecule has 0 aliphatic heterocycles. The third-order valence-corrected chi connectivity index (χ3v) is 4.50. The molecule has 168 valence electrons. The summed E-state index contributed by atoms with van der Waals surface area (Å²) < 4.78 is 10.4. The zero-order valence-electron chi connectivity index (χ0n) is 18.4. The molecule has 0 aliphatic carbocycles. The van der Waals surface area contributed by atoms with Crippen LogP contribution in [-0.2, 0) is 9.59 Å². The smallest absolute Gasteiger partial charge is 0.336 e. The Balaban J connectivity index is 1.43. The molecule has 0 spiro atoms. The van der Waals surface area contributed by atoms with Crippen molar-refractivity contribution in [1.82, 2.24) is 5.43 Å². The fraction of sp³-hybridized carbons (Fsp3) is 0.115. The van der Waals surface area contributed by atoms with Gasteiger partial charge in [0, 0.05) is 11.8 Å². The topological polar surface area (TPSA) is 89.0 Å². The van der Waals surface area contributed by atoms with E-state index in [9.17, 15) is 9.59 Å². The highest BCUT2D eigenvalue weighted by atomic mass is 16.5. The number of hydrogen-bond donors (Lipinski definition) is 2. The van der Waals surface area contributed by atoms with E-state index in [-0.39, 0.29) is 12.5 Å². The second-order valence-corrected chi connectivity index (χ2v) is 7.11. The predicted molar refractivity (Wildman–Crippen MR) is 130 cm³/mol. The molecule has 3 aromatic carbocycles. The normalized spacial score (nSPS) is 10.8. The quantitative estimate of drug-likeness (QED) is 0.170. The lowest BCUT2D eigenvalue weighted by Gasteiger charge is -2.05. The fourth-order valence-corrected chi connectivity index (χ4v) is 2.81. The molecule has 0 heterocycles. The third-order valence-electron chi connectivity index (χ3n) is 4.50. The van der Waals surface area contributed by atoms with E-state index in [0.29, 0.717) is 5.75 Å². The van der Waals surface area contributed by atoms with Gasteiger partial charge < -0.3 is 14.8 Å². The summed E-state index contributed by atoms with van der Waals surface area (Å²) in [4.78, 5) is 23.9. The minimum absolute atomic E-state index is 0.111. The SMILES string of the molecule is COc1ccc(/C=C/C(=O)Oc2ccc(/C=N/NC(=O)CNc3cccc(C)c3)cc2)cc1. The summed E-state index contributed by atoms with van der Waals surface area (Å²) in [6.45, 7) is 2.10. The van der Waals surface area contributed by atoms with Gasteiger partial charge in [-0.3, -0.25) is 4.79 Å². The lowest BCUT2D eigenvalue weighted by Crippen LogP contribution is -2.25. The minimum Gasteiger partial charge on any atom is -0.497 e. The number of hydrogen-bond acceptors (Lipinski definition) is 6. The molecular weight excluding hydrogens is 418 g/mol. The minimum atomic E-state index is -0.486. The van der Waals surface area contributed by atoms with E-state index in [1.54, 1.807) is 37.5 Å². The van der Waals surface area contributed by atoms with E-state index < -0.39 is 5.97 Å². The first-order valence-corrected chi connectivity index (χ1v) is 10.3. The van der Waals surface area contributed by atoms with Gasteiger partial charge in [0.25, 0.3) is 5.91 Å². The van der Waals surface area contributed by atoms with E-state index in [1.807, 2.05) is 55.5 Å². The maximum atomic E-state index is 12.0. The highest BCUT2D eigenvalue weighted by Gasteiger charge is 2.02. The number of aryl methyl sites for hydroxylation is 1. The second kappa shape index (κ2) is 11.9. The van der Waals surface area contributed by atoms with Crippen molar-refractivity contribution in [2.24, 2.45) is 5.10 Å². The Labute approximate surface area is 192 Å². The van der Waals surface area contributed by atoms with Crippen molar-refractivity contribution in [2.75, 3.05) is 19.0 Å². The van der Waals surface area contributed by atoms with Gasteiger partial charge in [0.2, 0.25) is 0 Å². The van der Waals surface area contributed by atoms with Gasteiger partial charge in [-0.2, -0.15) is 5.10 Å². The Kier molecular flexibility index (Phi) is 8.36. The van der Waals surface area contributed by atoms with Gasteiger partial charge in [-0.15, -0.1) is 0 Å². The predicted octanol–water partition coefficient (Wildman–Crippen LogP) is 4.18. The van der Waals surface area contributed by atoms with Crippen molar-refractivity contribution in [3.05, 3.63) is 95.6 Å². The van der Waals surface area contributed by atoms with Crippen LogP contribution in [0.25, 0.3) is 6.08 Å². The molecule has 0 fully saturated rings. The molecule has 33 heavy (non-hydrogen) atoms. The van der Waals surface area contributed by atoms with Gasteiger partial charge in [0.05, 0.1) is 19.9 Å². The van der Waals surface area contributed by atoms with E-state index in [0.717, 1.165) is 28.1 Å². The number of nitrogens with one attached hydrogen (secondary N) is 2. The van der Waals surface area contributed by atoms with Gasteiger partial charge in [-0.05, 0) is 78.2 Å². The number of benzene rings is 3. The van der Waals surface area contributed by atoms with Crippen LogP contribution in [0.5, 0.6) is 11.5 Å². The molecule has 0 saturated carbocycles. The summed E-state index contributed by atoms with van der Waals surface area (Å²) in [6, 6.07) is 21.8. The first-order valence-electron chi connectivity index (χ1n) is 10.3. The summed E-state index contributed by atoms with van der Waals surface area (Å²) in [5.74, 6) is 0.405. The van der Waals surface area contributed by atoms with Gasteiger partial charge in [-0.1, -0.05) is 24.3 Å². The molecule has 0 aromatic heterocycles. The summed E-state index contributed by atoms with van der Waals surface area (Å²) in [7, 11) is 1.60. The average Bonchev–Trinajstić information content (AvgIpc) is 2.83. The molecule has 2 N–H and O–H groups in total. The maximum absolute atomic E-state index is 12.0. The number of hydrazone groups is 1. The first-order chi connectivity index (χ1) is 16.0. The lowest BCUT2D eigenvalue weighted by atomic mass is 10.2. The van der Waals surface area contributed by atoms with Crippen molar-refractivity contribution in [3.63, 3.8) is 0 Å². The summed E-state index contributed by atoms with van der Waals surface area (Å²) >= 11 is 0. The van der Waals surface area contributed by atoms with Gasteiger partial charge >= 0.3 is 5.97 Å². The Bertz CT molecular complexity index is 1140. The molecular formula is C26H25N3O4. The van der Waals surface area contributed by atoms with Crippen LogP contribution in [0.15, 0.2) is 84.0 Å². The van der Waals surface area contributed by atoms with Crippen molar-refractivity contribution in [3.8, 4) is 11.5 Å². The Morgan fingerprint density at radius 1 is 0.939 bits per heavy atom. The average molecular weight is 444 g/mol. The zero-order valence-corrected chi connectivity index (χ0v) is 18.4. The highest BCUT2D eigenvalue weighted by Crippen LogP contribution is 2.14. The number of rotatable bonds is 9. The molecule has 3 aromatic rings. The monoisotopic (exact) mass is 443 g/mol. The Morgan fingerprint density at radius 2 is 1.64 bits per heavy atom. The largest absolute Gasteiger partial charge is 0.497 e. The zero-order chi connectivity index (χ0) is 23.5. The summed E-state index contributed by atoms with van der Waals surface area (Å²) in [6.07, 6.45) is 4.54. The van der Waals surface area contributed by atoms with Gasteiger partial charge in [0.15, 0.2) is 0 Å². The van der Waals surface area contributed by atoms with Crippen LogP contribution in [0.1, 0.15) is 16.7 Å². The number of nitrogens with zero attached hydrogens (tertiary/aromatic N) is 1. The number of carbonyl (C=O) groups is 2. The number of esters is 1. The maximum Gasteiger partial charge on any atom is 0.336 e. The van der Waals surface area contributed by atoms with E-state index >= 15 is 0 Å². The Morgan fingerprint density at radius 3 is 2.33 bits per heavy atom. The van der Waals surface area contributed by atoms with Crippen molar-refractivity contribution < 1.29 is 19.1 Å². The molecule has 0 atom stereocenters. The van der Waals surface area contributed by atoms with Crippen LogP contribution < -0.4 is 20.2 Å². The van der Waals surface area contributed by atoms with Gasteiger partial charge in [-0.25, -0.2) is 10.2 Å². The number of ether oxygens (including phenoxy) is 2. The molecule has 1 amide bonds. The standard InChI is InChI=1S/C26H25N3O4/c1-19-4-3-5-22(16-19)27-18-25(30)29-28-17-21-8-13-24(14-9-21)33-26(31)15-10-20-6-11-23(32-2)12-7-20/h3-17,27H,18H2,1-2H3,(H,29,30)/b15-10+,28-17+. The molecule has 0 bridgehead atoms. The van der Waals surface area contributed by atoms with Crippen LogP contribution in [0, 0.1) is 6.92 Å². The number of methoxy groups -OCH3 is 1. The van der Waals surface area contributed by atoms with Crippen LogP contribution in [0.2, 0.25) is 0 Å². The summed E-state index contributed by atoms with van der Waals surface area (Å²) in [5, 5.41) is 6.98. The Hall–Kier alpha value is -4.39. The van der Waals surface area contributed by atoms with Crippen LogP contribution in [0.4, 0.5) is 5.69 Å². The van der Waals surface area contributed by atoms with Crippen LogP contribution in [-0.4, -0.2) is 31.7 Å². The van der Waals surface area contributed by atoms with E-state index in [2.05, 4.69) is 15.8 Å². The molecule has 7 nitrogen and oxygen atoms in total. The first kappa shape index (κ1) is 23.3. The van der Waals surface area contributed by atoms with Crippen molar-refractivity contribution in [1.29, 1.82) is 0 Å². The lowest BCUT2D eigenvalue weighted by molar-refractivity contribution is -0.129. The van der Waals surface area contributed by atoms with Gasteiger partial charge in [0.1, 0.15) is 11.5 Å². The molecule has 0 aliphatic rings. The number of carbonyl (C=O) groups excluding carboxylic acids is 2. The highest BCUT2D eigenvalue weighted by molar-refractivity contribution is 5.89. The fourth-order valence-electron chi connectivity index (χ4n) is 2.81. The number of anilines is 1. The van der Waals surface area contributed by atoms with Crippen molar-refractivity contribution >= 4 is 29.9 Å². The third kappa shape index (κ3) is 7.99. The summed E-state index contributed by atoms with van der Waals surface area (Å²) in [5.41, 5.74) is 6.06. The molecule has 0 saturated heterocycles. The molecule has 7 heteroatoms. The van der Waals surface area contributed by atoms with Crippen molar-refractivity contribution in [2.45, 2.75) is 6.92 Å². The van der Waals surface area contributed by atoms with E-state index in [4.69, 9.17) is 9.47 Å². The number of amides is 1. The molecule has 0 radical (unpaired) electrons. The van der Waals surface area contributed by atoms with Crippen LogP contribution >= 0.6 is 0 Å². The molecule has 3 rings (SSSR count). The molecule has 0 unspecified atom stereocenters. The van der Waals surface area contributed by atoms with Crippen LogP contribution in [0.3, 0.4) is 0 Å².